The number of anilines is 1. The molecule has 1 aliphatic rings. The highest BCUT2D eigenvalue weighted by Gasteiger charge is 2.32. The fourth-order valence-electron chi connectivity index (χ4n) is 2.59. The Bertz CT molecular complexity index is 501. The van der Waals surface area contributed by atoms with Crippen LogP contribution in [0.1, 0.15) is 56.7 Å². The minimum atomic E-state index is -0.379. The Morgan fingerprint density at radius 2 is 2.11 bits per heavy atom. The highest BCUT2D eigenvalue weighted by molar-refractivity contribution is 6.03. The third-order valence-electron chi connectivity index (χ3n) is 4.13. The quantitative estimate of drug-likeness (QED) is 0.876. The summed E-state index contributed by atoms with van der Waals surface area (Å²) in [5.74, 6) is -0.475. The molecule has 19 heavy (non-hydrogen) atoms. The SMILES string of the molecule is CCC1C(=O)Nc2c(F)cc(C(N)C(C)CC)cc21. The maximum absolute atomic E-state index is 14.1. The monoisotopic (exact) mass is 264 g/mol. The molecule has 1 aromatic carbocycles. The predicted molar refractivity (Wildman–Crippen MR) is 74.4 cm³/mol. The van der Waals surface area contributed by atoms with Crippen LogP contribution in [0.15, 0.2) is 12.1 Å². The van der Waals surface area contributed by atoms with Gasteiger partial charge in [-0.2, -0.15) is 0 Å². The molecule has 0 bridgehead atoms. The van der Waals surface area contributed by atoms with Crippen molar-refractivity contribution in [2.24, 2.45) is 11.7 Å². The van der Waals surface area contributed by atoms with E-state index in [4.69, 9.17) is 5.73 Å². The molecule has 3 atom stereocenters. The molecule has 1 aliphatic heterocycles. The molecule has 1 heterocycles. The second-order valence-corrected chi connectivity index (χ2v) is 5.33. The number of hydrogen-bond donors (Lipinski definition) is 2. The van der Waals surface area contributed by atoms with Crippen LogP contribution in [0.4, 0.5) is 10.1 Å². The summed E-state index contributed by atoms with van der Waals surface area (Å²) in [5.41, 5.74) is 8.02. The first kappa shape index (κ1) is 14.0. The van der Waals surface area contributed by atoms with Gasteiger partial charge in [0.25, 0.3) is 0 Å². The molecule has 2 rings (SSSR count). The fourth-order valence-corrected chi connectivity index (χ4v) is 2.59. The molecule has 1 amide bonds. The first-order valence-corrected chi connectivity index (χ1v) is 6.89. The van der Waals surface area contributed by atoms with Crippen molar-refractivity contribution in [1.29, 1.82) is 0 Å². The Balaban J connectivity index is 2.44. The maximum Gasteiger partial charge on any atom is 0.232 e. The van der Waals surface area contributed by atoms with E-state index in [-0.39, 0.29) is 29.6 Å². The molecular weight excluding hydrogens is 243 g/mol. The van der Waals surface area contributed by atoms with Crippen LogP contribution in [0.25, 0.3) is 0 Å². The smallest absolute Gasteiger partial charge is 0.232 e. The third-order valence-corrected chi connectivity index (χ3v) is 4.13. The van der Waals surface area contributed by atoms with E-state index in [0.717, 1.165) is 17.5 Å². The zero-order chi connectivity index (χ0) is 14.2. The van der Waals surface area contributed by atoms with Gasteiger partial charge in [0.15, 0.2) is 0 Å². The zero-order valence-corrected chi connectivity index (χ0v) is 11.7. The van der Waals surface area contributed by atoms with Gasteiger partial charge in [0, 0.05) is 6.04 Å². The van der Waals surface area contributed by atoms with Gasteiger partial charge in [0.05, 0.1) is 11.6 Å². The summed E-state index contributed by atoms with van der Waals surface area (Å²) in [6.07, 6.45) is 1.61. The minimum absolute atomic E-state index is 0.120. The van der Waals surface area contributed by atoms with Crippen molar-refractivity contribution in [2.45, 2.75) is 45.6 Å². The van der Waals surface area contributed by atoms with Crippen LogP contribution in [0.2, 0.25) is 0 Å². The summed E-state index contributed by atoms with van der Waals surface area (Å²) >= 11 is 0. The molecule has 0 spiro atoms. The second kappa shape index (κ2) is 5.29. The van der Waals surface area contributed by atoms with Crippen molar-refractivity contribution in [2.75, 3.05) is 5.32 Å². The van der Waals surface area contributed by atoms with Crippen LogP contribution < -0.4 is 11.1 Å². The van der Waals surface area contributed by atoms with Crippen LogP contribution in [-0.4, -0.2) is 5.91 Å². The molecule has 3 nitrogen and oxygen atoms in total. The van der Waals surface area contributed by atoms with Crippen molar-refractivity contribution in [3.8, 4) is 0 Å². The van der Waals surface area contributed by atoms with E-state index in [0.29, 0.717) is 12.1 Å². The molecule has 3 unspecified atom stereocenters. The lowest BCUT2D eigenvalue weighted by Gasteiger charge is -2.20. The number of halogens is 1. The van der Waals surface area contributed by atoms with E-state index in [1.807, 2.05) is 13.0 Å². The first-order valence-electron chi connectivity index (χ1n) is 6.89. The molecule has 0 saturated carbocycles. The molecule has 1 aromatic rings. The summed E-state index contributed by atoms with van der Waals surface area (Å²) in [7, 11) is 0. The Hall–Kier alpha value is -1.42. The van der Waals surface area contributed by atoms with Crippen LogP contribution >= 0.6 is 0 Å². The topological polar surface area (TPSA) is 55.1 Å². The van der Waals surface area contributed by atoms with Crippen molar-refractivity contribution in [3.63, 3.8) is 0 Å². The Morgan fingerprint density at radius 3 is 2.68 bits per heavy atom. The van der Waals surface area contributed by atoms with Crippen LogP contribution in [0.5, 0.6) is 0 Å². The minimum Gasteiger partial charge on any atom is -0.324 e. The number of carbonyl (C=O) groups is 1. The van der Waals surface area contributed by atoms with Crippen molar-refractivity contribution >= 4 is 11.6 Å². The van der Waals surface area contributed by atoms with E-state index < -0.39 is 0 Å². The van der Waals surface area contributed by atoms with Gasteiger partial charge in [0.1, 0.15) is 5.82 Å². The molecule has 3 N–H and O–H groups in total. The molecule has 0 aromatic heterocycles. The third kappa shape index (κ3) is 2.37. The molecule has 0 aliphatic carbocycles. The van der Waals surface area contributed by atoms with Crippen molar-refractivity contribution in [1.82, 2.24) is 0 Å². The van der Waals surface area contributed by atoms with E-state index in [2.05, 4.69) is 19.2 Å². The number of fused-ring (bicyclic) bond motifs is 1. The van der Waals surface area contributed by atoms with E-state index in [1.54, 1.807) is 0 Å². The van der Waals surface area contributed by atoms with Crippen molar-refractivity contribution < 1.29 is 9.18 Å². The number of nitrogens with one attached hydrogen (secondary N) is 1. The average molecular weight is 264 g/mol. The number of amides is 1. The molecule has 4 heteroatoms. The maximum atomic E-state index is 14.1. The Kier molecular flexibility index (Phi) is 3.90. The van der Waals surface area contributed by atoms with Gasteiger partial charge in [-0.05, 0) is 29.5 Å². The molecule has 0 fully saturated rings. The lowest BCUT2D eigenvalue weighted by molar-refractivity contribution is -0.117. The van der Waals surface area contributed by atoms with Crippen LogP contribution in [-0.2, 0) is 4.79 Å². The van der Waals surface area contributed by atoms with Crippen molar-refractivity contribution in [3.05, 3.63) is 29.1 Å². The van der Waals surface area contributed by atoms with Crippen LogP contribution in [0, 0.1) is 11.7 Å². The Labute approximate surface area is 113 Å². The van der Waals surface area contributed by atoms with E-state index in [1.165, 1.54) is 6.07 Å². The van der Waals surface area contributed by atoms with Gasteiger partial charge in [-0.25, -0.2) is 4.39 Å². The van der Waals surface area contributed by atoms with Gasteiger partial charge >= 0.3 is 0 Å². The number of hydrogen-bond acceptors (Lipinski definition) is 2. The number of benzene rings is 1. The lowest BCUT2D eigenvalue weighted by atomic mass is 9.89. The fraction of sp³-hybridized carbons (Fsp3) is 0.533. The summed E-state index contributed by atoms with van der Waals surface area (Å²) in [4.78, 5) is 11.8. The van der Waals surface area contributed by atoms with E-state index >= 15 is 0 Å². The molecule has 0 radical (unpaired) electrons. The summed E-state index contributed by atoms with van der Waals surface area (Å²) in [6, 6.07) is 3.15. The first-order chi connectivity index (χ1) is 8.99. The Morgan fingerprint density at radius 1 is 1.42 bits per heavy atom. The highest BCUT2D eigenvalue weighted by Crippen LogP contribution is 2.38. The van der Waals surface area contributed by atoms with E-state index in [9.17, 15) is 9.18 Å². The number of rotatable bonds is 4. The summed E-state index contributed by atoms with van der Waals surface area (Å²) < 4.78 is 14.1. The molecule has 0 saturated heterocycles. The van der Waals surface area contributed by atoms with Gasteiger partial charge in [-0.3, -0.25) is 4.79 Å². The highest BCUT2D eigenvalue weighted by atomic mass is 19.1. The van der Waals surface area contributed by atoms with Gasteiger partial charge in [-0.15, -0.1) is 0 Å². The predicted octanol–water partition coefficient (Wildman–Crippen LogP) is 3.32. The molecular formula is C15H21FN2O. The van der Waals surface area contributed by atoms with Gasteiger partial charge < -0.3 is 11.1 Å². The zero-order valence-electron chi connectivity index (χ0n) is 11.7. The standard InChI is InChI=1S/C15H21FN2O/c1-4-8(3)13(17)9-6-11-10(5-2)15(19)18-14(11)12(16)7-9/h6-8,10,13H,4-5,17H2,1-3H3,(H,18,19). The number of carbonyl (C=O) groups excluding carboxylic acids is 1. The molecule has 104 valence electrons. The number of nitrogens with two attached hydrogens (primary N) is 1. The summed E-state index contributed by atoms with van der Waals surface area (Å²) in [6.45, 7) is 6.04. The largest absolute Gasteiger partial charge is 0.324 e. The average Bonchev–Trinajstić information content (AvgIpc) is 2.73. The lowest BCUT2D eigenvalue weighted by Crippen LogP contribution is -2.19. The van der Waals surface area contributed by atoms with Gasteiger partial charge in [0.2, 0.25) is 5.91 Å². The normalized spacial score (nSPS) is 20.9. The van der Waals surface area contributed by atoms with Gasteiger partial charge in [-0.1, -0.05) is 33.3 Å². The summed E-state index contributed by atoms with van der Waals surface area (Å²) in [5, 5.41) is 2.62. The second-order valence-electron chi connectivity index (χ2n) is 5.33. The van der Waals surface area contributed by atoms with Crippen LogP contribution in [0.3, 0.4) is 0 Å².